The molecule has 0 aliphatic heterocycles. The van der Waals surface area contributed by atoms with Gasteiger partial charge in [0.2, 0.25) is 4.47 Å². The number of rotatable bonds is 2. The van der Waals surface area contributed by atoms with Crippen molar-refractivity contribution < 1.29 is 4.92 Å². The molecule has 2 aromatic rings. The summed E-state index contributed by atoms with van der Waals surface area (Å²) in [6.45, 7) is 1.86. The van der Waals surface area contributed by atoms with Crippen LogP contribution in [-0.2, 0) is 0 Å². The molecule has 0 bridgehead atoms. The predicted molar refractivity (Wildman–Crippen MR) is 61.7 cm³/mol. The Hall–Kier alpha value is -1.53. The highest BCUT2D eigenvalue weighted by Crippen LogP contribution is 2.33. The molecule has 1 aromatic carbocycles. The summed E-state index contributed by atoms with van der Waals surface area (Å²) < 4.78 is 0.269. The average molecular weight is 256 g/mol. The van der Waals surface area contributed by atoms with E-state index in [0.29, 0.717) is 10.6 Å². The minimum Gasteiger partial charge on any atom is -0.258 e. The summed E-state index contributed by atoms with van der Waals surface area (Å²) in [5.41, 5.74) is 1.39. The number of hydrogen-bond donors (Lipinski definition) is 0. The summed E-state index contributed by atoms with van der Waals surface area (Å²) in [4.78, 5) is 10.4. The minimum absolute atomic E-state index is 0.0124. The number of nitro benzene ring substituents is 1. The van der Waals surface area contributed by atoms with Crippen LogP contribution >= 0.6 is 22.9 Å². The van der Waals surface area contributed by atoms with Gasteiger partial charge in [0.15, 0.2) is 5.01 Å². The number of nitrogens with zero attached hydrogens (tertiary/aromatic N) is 3. The third-order valence-electron chi connectivity index (χ3n) is 1.98. The van der Waals surface area contributed by atoms with Gasteiger partial charge in [0.05, 0.1) is 10.5 Å². The van der Waals surface area contributed by atoms with E-state index in [2.05, 4.69) is 10.2 Å². The van der Waals surface area contributed by atoms with Crippen LogP contribution in [0.2, 0.25) is 4.47 Å². The summed E-state index contributed by atoms with van der Waals surface area (Å²) in [6, 6.07) is 4.85. The monoisotopic (exact) mass is 255 g/mol. The average Bonchev–Trinajstić information content (AvgIpc) is 2.64. The third kappa shape index (κ3) is 2.02. The molecule has 2 rings (SSSR count). The first kappa shape index (κ1) is 11.0. The van der Waals surface area contributed by atoms with Crippen LogP contribution in [0.25, 0.3) is 10.6 Å². The largest absolute Gasteiger partial charge is 0.279 e. The molecule has 1 heterocycles. The molecule has 0 amide bonds. The highest BCUT2D eigenvalue weighted by atomic mass is 35.5. The van der Waals surface area contributed by atoms with E-state index in [0.717, 1.165) is 16.9 Å². The van der Waals surface area contributed by atoms with Crippen molar-refractivity contribution in [3.05, 3.63) is 38.3 Å². The maximum absolute atomic E-state index is 10.8. The van der Waals surface area contributed by atoms with Gasteiger partial charge in [-0.15, -0.1) is 10.2 Å². The number of benzene rings is 1. The number of halogens is 1. The first-order valence-electron chi connectivity index (χ1n) is 4.32. The molecule has 7 heteroatoms. The second-order valence-electron chi connectivity index (χ2n) is 3.14. The highest BCUT2D eigenvalue weighted by molar-refractivity contribution is 7.18. The molecule has 0 saturated heterocycles. The van der Waals surface area contributed by atoms with Crippen LogP contribution < -0.4 is 0 Å². The molecule has 5 nitrogen and oxygen atoms in total. The van der Waals surface area contributed by atoms with Gasteiger partial charge in [-0.2, -0.15) is 0 Å². The first-order valence-corrected chi connectivity index (χ1v) is 5.52. The zero-order chi connectivity index (χ0) is 11.7. The molecule has 0 unspecified atom stereocenters. The molecule has 0 N–H and O–H groups in total. The van der Waals surface area contributed by atoms with Gasteiger partial charge >= 0.3 is 0 Å². The normalized spacial score (nSPS) is 10.4. The summed E-state index contributed by atoms with van der Waals surface area (Å²) in [7, 11) is 0. The Balaban J connectivity index is 2.62. The molecule has 0 atom stereocenters. The topological polar surface area (TPSA) is 68.9 Å². The third-order valence-corrected chi connectivity index (χ3v) is 3.03. The van der Waals surface area contributed by atoms with Gasteiger partial charge in [-0.25, -0.2) is 0 Å². The molecule has 0 spiro atoms. The number of hydrogen-bond acceptors (Lipinski definition) is 5. The summed E-state index contributed by atoms with van der Waals surface area (Å²) >= 11 is 6.78. The highest BCUT2D eigenvalue weighted by Gasteiger charge is 2.18. The van der Waals surface area contributed by atoms with Crippen LogP contribution in [0.15, 0.2) is 18.2 Å². The fourth-order valence-corrected chi connectivity index (χ4v) is 2.15. The fraction of sp³-hybridized carbons (Fsp3) is 0.111. The molecule has 0 radical (unpaired) electrons. The lowest BCUT2D eigenvalue weighted by atomic mass is 10.1. The molecule has 0 fully saturated rings. The van der Waals surface area contributed by atoms with E-state index in [1.165, 1.54) is 6.07 Å². The van der Waals surface area contributed by atoms with Crippen LogP contribution in [0, 0.1) is 17.0 Å². The minimum atomic E-state index is -0.440. The lowest BCUT2D eigenvalue weighted by Crippen LogP contribution is -1.92. The summed E-state index contributed by atoms with van der Waals surface area (Å²) in [5.74, 6) is 0. The Bertz CT molecular complexity index is 555. The molecule has 0 saturated carbocycles. The van der Waals surface area contributed by atoms with Crippen molar-refractivity contribution in [2.24, 2.45) is 0 Å². The second-order valence-corrected chi connectivity index (χ2v) is 4.70. The van der Waals surface area contributed by atoms with Crippen LogP contribution in [-0.4, -0.2) is 15.1 Å². The van der Waals surface area contributed by atoms with Crippen LogP contribution in [0.3, 0.4) is 0 Å². The zero-order valence-electron chi connectivity index (χ0n) is 8.18. The Morgan fingerprint density at radius 1 is 1.44 bits per heavy atom. The molecular formula is C9H6ClN3O2S. The van der Waals surface area contributed by atoms with Crippen molar-refractivity contribution in [3.63, 3.8) is 0 Å². The Morgan fingerprint density at radius 2 is 2.19 bits per heavy atom. The molecular weight excluding hydrogens is 250 g/mol. The molecule has 1 aromatic heterocycles. The van der Waals surface area contributed by atoms with E-state index in [4.69, 9.17) is 11.6 Å². The first-order chi connectivity index (χ1) is 7.58. The van der Waals surface area contributed by atoms with Crippen molar-refractivity contribution in [1.82, 2.24) is 10.2 Å². The van der Waals surface area contributed by atoms with Crippen LogP contribution in [0.5, 0.6) is 0 Å². The van der Waals surface area contributed by atoms with E-state index in [9.17, 15) is 10.1 Å². The molecule has 82 valence electrons. The fourth-order valence-electron chi connectivity index (χ4n) is 1.29. The summed E-state index contributed by atoms with van der Waals surface area (Å²) in [6.07, 6.45) is 0. The summed E-state index contributed by atoms with van der Waals surface area (Å²) in [5, 5.41) is 18.7. The maximum Gasteiger partial charge on any atom is 0.279 e. The van der Waals surface area contributed by atoms with Gasteiger partial charge in [0, 0.05) is 6.07 Å². The maximum atomic E-state index is 10.8. The van der Waals surface area contributed by atoms with E-state index < -0.39 is 4.92 Å². The van der Waals surface area contributed by atoms with Crippen molar-refractivity contribution in [2.75, 3.05) is 0 Å². The number of aryl methyl sites for hydroxylation is 1. The standard InChI is InChI=1S/C9H6ClN3O2S/c1-5-2-3-7(13(14)15)6(4-5)8-11-12-9(10)16-8/h2-4H,1H3. The number of nitro groups is 1. The van der Waals surface area contributed by atoms with Crippen molar-refractivity contribution in [3.8, 4) is 10.6 Å². The predicted octanol–water partition coefficient (Wildman–Crippen LogP) is 3.08. The zero-order valence-corrected chi connectivity index (χ0v) is 9.75. The van der Waals surface area contributed by atoms with Crippen LogP contribution in [0.4, 0.5) is 5.69 Å². The molecule has 0 aliphatic carbocycles. The van der Waals surface area contributed by atoms with E-state index in [1.54, 1.807) is 12.1 Å². The van der Waals surface area contributed by atoms with E-state index in [-0.39, 0.29) is 10.2 Å². The van der Waals surface area contributed by atoms with Crippen LogP contribution in [0.1, 0.15) is 5.56 Å². The van der Waals surface area contributed by atoms with Crippen molar-refractivity contribution in [2.45, 2.75) is 6.92 Å². The molecule has 16 heavy (non-hydrogen) atoms. The smallest absolute Gasteiger partial charge is 0.258 e. The van der Waals surface area contributed by atoms with Gasteiger partial charge in [0.1, 0.15) is 0 Å². The van der Waals surface area contributed by atoms with Gasteiger partial charge in [-0.1, -0.05) is 17.4 Å². The van der Waals surface area contributed by atoms with Gasteiger partial charge in [0.25, 0.3) is 5.69 Å². The van der Waals surface area contributed by atoms with Gasteiger partial charge in [-0.05, 0) is 30.2 Å². The lowest BCUT2D eigenvalue weighted by Gasteiger charge is -1.99. The van der Waals surface area contributed by atoms with E-state index in [1.807, 2.05) is 6.92 Å². The van der Waals surface area contributed by atoms with Crippen molar-refractivity contribution in [1.29, 1.82) is 0 Å². The number of aromatic nitrogens is 2. The Labute approximate surface area is 99.9 Å². The van der Waals surface area contributed by atoms with Gasteiger partial charge < -0.3 is 0 Å². The molecule has 0 aliphatic rings. The van der Waals surface area contributed by atoms with E-state index >= 15 is 0 Å². The lowest BCUT2D eigenvalue weighted by molar-refractivity contribution is -0.384. The van der Waals surface area contributed by atoms with Gasteiger partial charge in [-0.3, -0.25) is 10.1 Å². The SMILES string of the molecule is Cc1ccc([N+](=O)[O-])c(-c2nnc(Cl)s2)c1. The second kappa shape index (κ2) is 4.15. The Kier molecular flexibility index (Phi) is 2.84. The quantitative estimate of drug-likeness (QED) is 0.611. The Morgan fingerprint density at radius 3 is 2.75 bits per heavy atom. The van der Waals surface area contributed by atoms with Crippen molar-refractivity contribution >= 4 is 28.6 Å².